The highest BCUT2D eigenvalue weighted by molar-refractivity contribution is 5.78. The molecule has 2 aromatic carbocycles. The maximum atomic E-state index is 11.1. The Kier molecular flexibility index (Phi) is 5.49. The normalized spacial score (nSPS) is 10.4. The number of carbonyl (C=O) groups is 2. The van der Waals surface area contributed by atoms with E-state index in [0.717, 1.165) is 17.4 Å². The smallest absolute Gasteiger partial charge is 0.343 e. The van der Waals surface area contributed by atoms with Crippen molar-refractivity contribution in [2.75, 3.05) is 13.7 Å². The average molecular weight is 296 g/mol. The Morgan fingerprint density at radius 1 is 1.00 bits per heavy atom. The Morgan fingerprint density at radius 3 is 2.32 bits per heavy atom. The van der Waals surface area contributed by atoms with Crippen LogP contribution in [0.4, 0.5) is 0 Å². The van der Waals surface area contributed by atoms with Crippen molar-refractivity contribution >= 4 is 24.4 Å². The summed E-state index contributed by atoms with van der Waals surface area (Å²) < 4.78 is 9.86. The predicted octanol–water partition coefficient (Wildman–Crippen LogP) is 3.22. The van der Waals surface area contributed by atoms with Crippen LogP contribution in [-0.4, -0.2) is 26.0 Å². The topological polar surface area (TPSA) is 52.6 Å². The lowest BCUT2D eigenvalue weighted by Crippen LogP contribution is -2.12. The van der Waals surface area contributed by atoms with Crippen molar-refractivity contribution in [2.45, 2.75) is 0 Å². The van der Waals surface area contributed by atoms with E-state index >= 15 is 0 Å². The zero-order valence-corrected chi connectivity index (χ0v) is 12.2. The molecule has 4 heteroatoms. The maximum absolute atomic E-state index is 11.1. The zero-order chi connectivity index (χ0) is 15.8. The summed E-state index contributed by atoms with van der Waals surface area (Å²) in [6.45, 7) is -0.120. The Balaban J connectivity index is 2.07. The summed E-state index contributed by atoms with van der Waals surface area (Å²) in [5.74, 6) is 0.167. The molecule has 0 aliphatic rings. The molecule has 0 bridgehead atoms. The van der Waals surface area contributed by atoms with Crippen LogP contribution in [0, 0.1) is 0 Å². The average Bonchev–Trinajstić information content (AvgIpc) is 2.58. The third-order valence-electron chi connectivity index (χ3n) is 2.96. The van der Waals surface area contributed by atoms with Crippen LogP contribution in [0.25, 0.3) is 12.2 Å². The van der Waals surface area contributed by atoms with Gasteiger partial charge >= 0.3 is 5.97 Å². The van der Waals surface area contributed by atoms with E-state index in [1.165, 1.54) is 7.11 Å². The molecule has 0 aliphatic carbocycles. The molecule has 2 aromatic rings. The van der Waals surface area contributed by atoms with Gasteiger partial charge in [-0.15, -0.1) is 0 Å². The van der Waals surface area contributed by atoms with Gasteiger partial charge < -0.3 is 9.47 Å². The van der Waals surface area contributed by atoms with Crippen molar-refractivity contribution < 1.29 is 19.1 Å². The fraction of sp³-hybridized carbons (Fsp3) is 0.111. The minimum absolute atomic E-state index is 0.120. The van der Waals surface area contributed by atoms with Crippen molar-refractivity contribution in [1.29, 1.82) is 0 Å². The van der Waals surface area contributed by atoms with Gasteiger partial charge in [0.1, 0.15) is 12.0 Å². The summed E-state index contributed by atoms with van der Waals surface area (Å²) in [5.41, 5.74) is 2.50. The van der Waals surface area contributed by atoms with Gasteiger partial charge in [-0.2, -0.15) is 0 Å². The van der Waals surface area contributed by atoms with E-state index in [-0.39, 0.29) is 6.61 Å². The first-order valence-corrected chi connectivity index (χ1v) is 6.74. The number of aldehydes is 1. The molecule has 0 aromatic heterocycles. The zero-order valence-electron chi connectivity index (χ0n) is 12.2. The Bertz CT molecular complexity index is 689. The molecule has 0 unspecified atom stereocenters. The molecule has 0 amide bonds. The van der Waals surface area contributed by atoms with Crippen molar-refractivity contribution in [2.24, 2.45) is 0 Å². The summed E-state index contributed by atoms with van der Waals surface area (Å²) in [5, 5.41) is 0. The lowest BCUT2D eigenvalue weighted by Gasteiger charge is -2.05. The third kappa shape index (κ3) is 4.59. The van der Waals surface area contributed by atoms with Crippen molar-refractivity contribution in [3.05, 3.63) is 65.2 Å². The summed E-state index contributed by atoms with van der Waals surface area (Å²) >= 11 is 0. The first-order chi connectivity index (χ1) is 10.7. The molecule has 0 saturated heterocycles. The van der Waals surface area contributed by atoms with Gasteiger partial charge in [0.2, 0.25) is 0 Å². The molecule has 0 spiro atoms. The van der Waals surface area contributed by atoms with Gasteiger partial charge in [-0.1, -0.05) is 42.5 Å². The van der Waals surface area contributed by atoms with Crippen molar-refractivity contribution in [3.63, 3.8) is 0 Å². The second-order valence-corrected chi connectivity index (χ2v) is 4.56. The molecule has 0 heterocycles. The number of benzene rings is 2. The number of rotatable bonds is 6. The summed E-state index contributed by atoms with van der Waals surface area (Å²) in [6, 6.07) is 14.7. The molecular formula is C18H16O4. The monoisotopic (exact) mass is 296 g/mol. The number of ether oxygens (including phenoxy) is 2. The van der Waals surface area contributed by atoms with E-state index in [1.807, 2.05) is 42.5 Å². The number of hydrogen-bond acceptors (Lipinski definition) is 4. The summed E-state index contributed by atoms with van der Waals surface area (Å²) in [7, 11) is 1.32. The van der Waals surface area contributed by atoms with Crippen LogP contribution in [-0.2, 0) is 9.53 Å². The van der Waals surface area contributed by atoms with Gasteiger partial charge in [-0.25, -0.2) is 4.79 Å². The van der Waals surface area contributed by atoms with Crippen molar-refractivity contribution in [1.82, 2.24) is 0 Å². The van der Waals surface area contributed by atoms with Gasteiger partial charge in [0.25, 0.3) is 0 Å². The minimum Gasteiger partial charge on any atom is -0.482 e. The molecule has 0 radical (unpaired) electrons. The van der Waals surface area contributed by atoms with Gasteiger partial charge in [0.15, 0.2) is 6.61 Å². The molecule has 0 saturated carbocycles. The van der Waals surface area contributed by atoms with Crippen LogP contribution in [0.15, 0.2) is 48.5 Å². The minimum atomic E-state index is -0.424. The van der Waals surface area contributed by atoms with Crippen LogP contribution in [0.2, 0.25) is 0 Å². The highest BCUT2D eigenvalue weighted by atomic mass is 16.6. The van der Waals surface area contributed by atoms with Crippen LogP contribution in [0.5, 0.6) is 5.75 Å². The lowest BCUT2D eigenvalue weighted by molar-refractivity contribution is -0.142. The molecular weight excluding hydrogens is 280 g/mol. The molecule has 4 nitrogen and oxygen atoms in total. The molecule has 0 atom stereocenters. The highest BCUT2D eigenvalue weighted by Crippen LogP contribution is 2.16. The SMILES string of the molecule is COC(=O)COc1cccc(C=Cc2cccc(C=O)c2)c1. The fourth-order valence-electron chi connectivity index (χ4n) is 1.84. The third-order valence-corrected chi connectivity index (χ3v) is 2.96. The van der Waals surface area contributed by atoms with E-state index in [0.29, 0.717) is 11.3 Å². The number of methoxy groups -OCH3 is 1. The van der Waals surface area contributed by atoms with E-state index in [9.17, 15) is 9.59 Å². The number of esters is 1. The molecule has 22 heavy (non-hydrogen) atoms. The van der Waals surface area contributed by atoms with Crippen LogP contribution in [0.1, 0.15) is 21.5 Å². The lowest BCUT2D eigenvalue weighted by atomic mass is 10.1. The predicted molar refractivity (Wildman–Crippen MR) is 84.7 cm³/mol. The molecule has 2 rings (SSSR count). The second kappa shape index (κ2) is 7.78. The molecule has 112 valence electrons. The molecule has 0 N–H and O–H groups in total. The standard InChI is InChI=1S/C18H16O4/c1-21-18(20)13-22-17-7-3-5-15(11-17)9-8-14-4-2-6-16(10-14)12-19/h2-12H,13H2,1H3. The van der Waals surface area contributed by atoms with Gasteiger partial charge in [0, 0.05) is 5.56 Å². The first kappa shape index (κ1) is 15.5. The van der Waals surface area contributed by atoms with E-state index in [2.05, 4.69) is 4.74 Å². The van der Waals surface area contributed by atoms with Crippen LogP contribution < -0.4 is 4.74 Å². The van der Waals surface area contributed by atoms with Gasteiger partial charge in [-0.3, -0.25) is 4.79 Å². The van der Waals surface area contributed by atoms with Crippen molar-refractivity contribution in [3.8, 4) is 5.75 Å². The number of hydrogen-bond donors (Lipinski definition) is 0. The van der Waals surface area contributed by atoms with E-state index < -0.39 is 5.97 Å². The fourth-order valence-corrected chi connectivity index (χ4v) is 1.84. The molecule has 0 aliphatic heterocycles. The van der Waals surface area contributed by atoms with Crippen LogP contribution in [0.3, 0.4) is 0 Å². The largest absolute Gasteiger partial charge is 0.482 e. The Labute approximate surface area is 129 Å². The summed E-state index contributed by atoms with van der Waals surface area (Å²) in [4.78, 5) is 21.8. The highest BCUT2D eigenvalue weighted by Gasteiger charge is 2.01. The molecule has 0 fully saturated rings. The summed E-state index contributed by atoms with van der Waals surface area (Å²) in [6.07, 6.45) is 4.64. The van der Waals surface area contributed by atoms with E-state index in [4.69, 9.17) is 4.74 Å². The second-order valence-electron chi connectivity index (χ2n) is 4.56. The number of carbonyl (C=O) groups excluding carboxylic acids is 2. The maximum Gasteiger partial charge on any atom is 0.343 e. The van der Waals surface area contributed by atoms with Gasteiger partial charge in [-0.05, 0) is 29.3 Å². The van der Waals surface area contributed by atoms with E-state index in [1.54, 1.807) is 18.2 Å². The van der Waals surface area contributed by atoms with Gasteiger partial charge in [0.05, 0.1) is 7.11 Å². The first-order valence-electron chi connectivity index (χ1n) is 6.74. The Morgan fingerprint density at radius 2 is 1.64 bits per heavy atom. The Hall–Kier alpha value is -2.88. The van der Waals surface area contributed by atoms with Crippen LogP contribution >= 0.6 is 0 Å². The quantitative estimate of drug-likeness (QED) is 0.466.